The first-order chi connectivity index (χ1) is 14.3. The summed E-state index contributed by atoms with van der Waals surface area (Å²) in [5.41, 5.74) is 6.08. The summed E-state index contributed by atoms with van der Waals surface area (Å²) in [4.78, 5) is 19.6. The summed E-state index contributed by atoms with van der Waals surface area (Å²) in [6.07, 6.45) is 4.16. The molecule has 29 heavy (non-hydrogen) atoms. The second kappa shape index (κ2) is 9.81. The molecule has 0 spiro atoms. The number of piperidine rings is 1. The lowest BCUT2D eigenvalue weighted by Crippen LogP contribution is -2.38. The fraction of sp³-hybridized carbons (Fsp3) is 0.333. The number of aryl methyl sites for hydroxylation is 1. The topological polar surface area (TPSA) is 45.2 Å². The minimum absolute atomic E-state index is 0.100. The predicted molar refractivity (Wildman–Crippen MR) is 120 cm³/mol. The molecule has 1 N–H and O–H groups in total. The third-order valence-electron chi connectivity index (χ3n) is 5.60. The molecular formula is C24H27N3OS. The minimum Gasteiger partial charge on any atom is -0.326 e. The summed E-state index contributed by atoms with van der Waals surface area (Å²) < 4.78 is 0. The number of amides is 1. The Morgan fingerprint density at radius 2 is 1.93 bits per heavy atom. The Labute approximate surface area is 176 Å². The summed E-state index contributed by atoms with van der Waals surface area (Å²) in [5, 5.41) is 5.13. The van der Waals surface area contributed by atoms with Crippen LogP contribution in [0, 0.1) is 5.92 Å². The van der Waals surface area contributed by atoms with Crippen molar-refractivity contribution in [1.82, 2.24) is 9.88 Å². The maximum absolute atomic E-state index is 12.7. The Hall–Kier alpha value is -2.50. The zero-order valence-corrected chi connectivity index (χ0v) is 17.4. The molecule has 1 amide bonds. The molecule has 3 aromatic rings. The second-order valence-electron chi connectivity index (χ2n) is 7.65. The van der Waals surface area contributed by atoms with Crippen LogP contribution in [0.3, 0.4) is 0 Å². The van der Waals surface area contributed by atoms with Crippen molar-refractivity contribution >= 4 is 22.9 Å². The second-order valence-corrected chi connectivity index (χ2v) is 8.37. The largest absolute Gasteiger partial charge is 0.326 e. The number of benzene rings is 2. The minimum atomic E-state index is 0.100. The molecule has 0 saturated carbocycles. The summed E-state index contributed by atoms with van der Waals surface area (Å²) in [6.45, 7) is 3.12. The van der Waals surface area contributed by atoms with Gasteiger partial charge in [-0.1, -0.05) is 42.5 Å². The third kappa shape index (κ3) is 5.52. The van der Waals surface area contributed by atoms with Crippen molar-refractivity contribution in [2.45, 2.75) is 25.7 Å². The molecule has 0 atom stereocenters. The van der Waals surface area contributed by atoms with Crippen LogP contribution in [0.1, 0.15) is 24.8 Å². The molecule has 5 heteroatoms. The van der Waals surface area contributed by atoms with Crippen LogP contribution < -0.4 is 5.32 Å². The first kappa shape index (κ1) is 19.8. The lowest BCUT2D eigenvalue weighted by Gasteiger charge is -2.31. The number of likely N-dealkylation sites (tertiary alicyclic amines) is 1. The Bertz CT molecular complexity index is 903. The molecular weight excluding hydrogens is 378 g/mol. The molecule has 4 rings (SSSR count). The molecule has 1 aromatic heterocycles. The number of nitrogens with one attached hydrogen (secondary N) is 1. The van der Waals surface area contributed by atoms with Crippen LogP contribution in [0.2, 0.25) is 0 Å². The lowest BCUT2D eigenvalue weighted by atomic mass is 9.95. The van der Waals surface area contributed by atoms with Crippen LogP contribution in [0.5, 0.6) is 0 Å². The number of hydrogen-bond acceptors (Lipinski definition) is 4. The average molecular weight is 406 g/mol. The van der Waals surface area contributed by atoms with E-state index in [2.05, 4.69) is 45.5 Å². The highest BCUT2D eigenvalue weighted by molar-refractivity contribution is 7.07. The Morgan fingerprint density at radius 1 is 1.10 bits per heavy atom. The number of aromatic nitrogens is 1. The number of thiazole rings is 1. The van der Waals surface area contributed by atoms with Gasteiger partial charge in [0.2, 0.25) is 5.91 Å². The fourth-order valence-electron chi connectivity index (χ4n) is 3.93. The van der Waals surface area contributed by atoms with Gasteiger partial charge in [0.05, 0.1) is 11.2 Å². The zero-order valence-electron chi connectivity index (χ0n) is 16.6. The van der Waals surface area contributed by atoms with Gasteiger partial charge in [-0.15, -0.1) is 11.3 Å². The molecule has 1 aliphatic heterocycles. The number of carbonyl (C=O) groups is 1. The Kier molecular flexibility index (Phi) is 6.70. The molecule has 150 valence electrons. The summed E-state index contributed by atoms with van der Waals surface area (Å²) >= 11 is 1.58. The molecule has 2 aromatic carbocycles. The van der Waals surface area contributed by atoms with E-state index in [-0.39, 0.29) is 11.8 Å². The van der Waals surface area contributed by atoms with Crippen molar-refractivity contribution in [3.8, 4) is 11.3 Å². The van der Waals surface area contributed by atoms with Gasteiger partial charge in [-0.2, -0.15) is 0 Å². The van der Waals surface area contributed by atoms with Crippen LogP contribution >= 0.6 is 11.3 Å². The van der Waals surface area contributed by atoms with E-state index < -0.39 is 0 Å². The van der Waals surface area contributed by atoms with Crippen LogP contribution in [0.15, 0.2) is 65.5 Å². The highest BCUT2D eigenvalue weighted by Gasteiger charge is 2.24. The molecule has 1 aliphatic rings. The average Bonchev–Trinajstić information content (AvgIpc) is 3.30. The van der Waals surface area contributed by atoms with Crippen molar-refractivity contribution in [1.29, 1.82) is 0 Å². The molecule has 0 unspecified atom stereocenters. The van der Waals surface area contributed by atoms with E-state index in [1.54, 1.807) is 11.3 Å². The van der Waals surface area contributed by atoms with Gasteiger partial charge in [0.1, 0.15) is 0 Å². The van der Waals surface area contributed by atoms with Gasteiger partial charge in [-0.3, -0.25) is 4.79 Å². The van der Waals surface area contributed by atoms with Gasteiger partial charge in [-0.25, -0.2) is 4.98 Å². The predicted octanol–water partition coefficient (Wildman–Crippen LogP) is 5.09. The molecule has 0 radical (unpaired) electrons. The van der Waals surface area contributed by atoms with Gasteiger partial charge in [0, 0.05) is 22.5 Å². The standard InChI is InChI=1S/C24H27N3OS/c28-24(26-22-10-4-9-21(16-22)23-17-29-18-25-23)20-11-14-27(15-12-20)13-5-8-19-6-2-1-3-7-19/h1-4,6-7,9-10,16-18,20H,5,8,11-15H2,(H,26,28). The summed E-state index contributed by atoms with van der Waals surface area (Å²) in [7, 11) is 0. The number of carbonyl (C=O) groups excluding carboxylic acids is 1. The summed E-state index contributed by atoms with van der Waals surface area (Å²) in [5.74, 6) is 0.243. The molecule has 2 heterocycles. The number of anilines is 1. The van der Waals surface area contributed by atoms with E-state index in [1.807, 2.05) is 35.2 Å². The molecule has 1 fully saturated rings. The van der Waals surface area contributed by atoms with Crippen LogP contribution in [-0.4, -0.2) is 35.4 Å². The van der Waals surface area contributed by atoms with Crippen molar-refractivity contribution in [2.75, 3.05) is 25.0 Å². The zero-order chi connectivity index (χ0) is 19.9. The van der Waals surface area contributed by atoms with Crippen molar-refractivity contribution in [2.24, 2.45) is 5.92 Å². The van der Waals surface area contributed by atoms with E-state index in [1.165, 1.54) is 12.0 Å². The van der Waals surface area contributed by atoms with Gasteiger partial charge in [-0.05, 0) is 63.0 Å². The van der Waals surface area contributed by atoms with Crippen molar-refractivity contribution in [3.05, 3.63) is 71.1 Å². The van der Waals surface area contributed by atoms with Crippen molar-refractivity contribution in [3.63, 3.8) is 0 Å². The van der Waals surface area contributed by atoms with E-state index in [4.69, 9.17) is 0 Å². The fourth-order valence-corrected chi connectivity index (χ4v) is 4.49. The van der Waals surface area contributed by atoms with Gasteiger partial charge < -0.3 is 10.2 Å². The quantitative estimate of drug-likeness (QED) is 0.595. The summed E-state index contributed by atoms with van der Waals surface area (Å²) in [6, 6.07) is 18.6. The van der Waals surface area contributed by atoms with E-state index in [9.17, 15) is 4.79 Å². The van der Waals surface area contributed by atoms with Crippen LogP contribution in [0.25, 0.3) is 11.3 Å². The maximum atomic E-state index is 12.7. The third-order valence-corrected chi connectivity index (χ3v) is 6.19. The van der Waals surface area contributed by atoms with Gasteiger partial charge in [0.25, 0.3) is 0 Å². The van der Waals surface area contributed by atoms with E-state index in [0.29, 0.717) is 0 Å². The SMILES string of the molecule is O=C(Nc1cccc(-c2cscn2)c1)C1CCN(CCCc2ccccc2)CC1. The van der Waals surface area contributed by atoms with Gasteiger partial charge in [0.15, 0.2) is 0 Å². The molecule has 0 aliphatic carbocycles. The van der Waals surface area contributed by atoms with Crippen LogP contribution in [-0.2, 0) is 11.2 Å². The van der Waals surface area contributed by atoms with E-state index in [0.717, 1.165) is 55.8 Å². The molecule has 4 nitrogen and oxygen atoms in total. The molecule has 0 bridgehead atoms. The lowest BCUT2D eigenvalue weighted by molar-refractivity contribution is -0.121. The first-order valence-corrected chi connectivity index (χ1v) is 11.3. The number of nitrogens with zero attached hydrogens (tertiary/aromatic N) is 2. The first-order valence-electron chi connectivity index (χ1n) is 10.3. The highest BCUT2D eigenvalue weighted by atomic mass is 32.1. The Balaban J connectivity index is 1.22. The Morgan fingerprint density at radius 3 is 2.69 bits per heavy atom. The van der Waals surface area contributed by atoms with Gasteiger partial charge >= 0.3 is 0 Å². The highest BCUT2D eigenvalue weighted by Crippen LogP contribution is 2.24. The maximum Gasteiger partial charge on any atom is 0.227 e. The van der Waals surface area contributed by atoms with E-state index >= 15 is 0 Å². The van der Waals surface area contributed by atoms with Crippen LogP contribution in [0.4, 0.5) is 5.69 Å². The monoisotopic (exact) mass is 405 g/mol. The smallest absolute Gasteiger partial charge is 0.227 e. The molecule has 1 saturated heterocycles. The normalized spacial score (nSPS) is 15.3. The number of rotatable bonds is 7. The number of hydrogen-bond donors (Lipinski definition) is 1. The van der Waals surface area contributed by atoms with Crippen molar-refractivity contribution < 1.29 is 4.79 Å².